The Morgan fingerprint density at radius 1 is 1.24 bits per heavy atom. The zero-order valence-electron chi connectivity index (χ0n) is 12.4. The van der Waals surface area contributed by atoms with E-state index in [1.165, 1.54) is 7.05 Å². The van der Waals surface area contributed by atoms with Gasteiger partial charge in [-0.2, -0.15) is 0 Å². The van der Waals surface area contributed by atoms with Crippen molar-refractivity contribution in [2.75, 3.05) is 7.05 Å². The SMILES string of the molecule is CC1CCCC1C(=O)c1ccc2c(c1)C(=O)N(C)C(=O)C2. The molecule has 0 radical (unpaired) electrons. The van der Waals surface area contributed by atoms with E-state index in [0.29, 0.717) is 17.0 Å². The molecule has 110 valence electrons. The molecule has 4 nitrogen and oxygen atoms in total. The lowest BCUT2D eigenvalue weighted by Gasteiger charge is -2.24. The van der Waals surface area contributed by atoms with Gasteiger partial charge < -0.3 is 0 Å². The van der Waals surface area contributed by atoms with Crippen molar-refractivity contribution in [2.24, 2.45) is 11.8 Å². The van der Waals surface area contributed by atoms with Crippen molar-refractivity contribution in [1.29, 1.82) is 0 Å². The Balaban J connectivity index is 1.94. The fourth-order valence-electron chi connectivity index (χ4n) is 3.41. The first-order valence-electron chi connectivity index (χ1n) is 7.47. The maximum absolute atomic E-state index is 12.6. The summed E-state index contributed by atoms with van der Waals surface area (Å²) in [5.74, 6) is 0.108. The normalized spacial score (nSPS) is 25.1. The Morgan fingerprint density at radius 3 is 2.67 bits per heavy atom. The van der Waals surface area contributed by atoms with E-state index in [0.717, 1.165) is 29.7 Å². The second-order valence-corrected chi connectivity index (χ2v) is 6.19. The Hall–Kier alpha value is -1.97. The van der Waals surface area contributed by atoms with Crippen LogP contribution >= 0.6 is 0 Å². The monoisotopic (exact) mass is 285 g/mol. The van der Waals surface area contributed by atoms with Crippen LogP contribution in [0.15, 0.2) is 18.2 Å². The van der Waals surface area contributed by atoms with Gasteiger partial charge in [0.1, 0.15) is 0 Å². The van der Waals surface area contributed by atoms with Crippen LogP contribution in [0.3, 0.4) is 0 Å². The third-order valence-corrected chi connectivity index (χ3v) is 4.84. The molecule has 1 aromatic carbocycles. The van der Waals surface area contributed by atoms with Crippen LogP contribution in [0.5, 0.6) is 0 Å². The van der Waals surface area contributed by atoms with Crippen molar-refractivity contribution < 1.29 is 14.4 Å². The van der Waals surface area contributed by atoms with Crippen molar-refractivity contribution in [1.82, 2.24) is 4.90 Å². The van der Waals surface area contributed by atoms with E-state index in [-0.39, 0.29) is 29.9 Å². The molecule has 0 bridgehead atoms. The number of imide groups is 1. The number of fused-ring (bicyclic) bond motifs is 1. The van der Waals surface area contributed by atoms with Gasteiger partial charge in [0.05, 0.1) is 6.42 Å². The van der Waals surface area contributed by atoms with Crippen LogP contribution in [-0.2, 0) is 11.2 Å². The Kier molecular flexibility index (Phi) is 3.40. The zero-order valence-corrected chi connectivity index (χ0v) is 12.4. The molecule has 2 unspecified atom stereocenters. The van der Waals surface area contributed by atoms with Crippen LogP contribution in [0.4, 0.5) is 0 Å². The summed E-state index contributed by atoms with van der Waals surface area (Å²) >= 11 is 0. The van der Waals surface area contributed by atoms with E-state index in [2.05, 4.69) is 6.92 Å². The first-order chi connectivity index (χ1) is 9.99. The number of likely N-dealkylation sites (N-methyl/N-ethyl adjacent to an activating group) is 1. The molecule has 0 N–H and O–H groups in total. The largest absolute Gasteiger partial charge is 0.294 e. The molecule has 1 fully saturated rings. The second-order valence-electron chi connectivity index (χ2n) is 6.19. The highest BCUT2D eigenvalue weighted by molar-refractivity contribution is 6.11. The van der Waals surface area contributed by atoms with Crippen LogP contribution in [0, 0.1) is 11.8 Å². The van der Waals surface area contributed by atoms with Gasteiger partial charge in [0, 0.05) is 24.1 Å². The minimum atomic E-state index is -0.310. The van der Waals surface area contributed by atoms with Gasteiger partial charge in [0.2, 0.25) is 5.91 Å². The quantitative estimate of drug-likeness (QED) is 0.619. The number of rotatable bonds is 2. The molecular weight excluding hydrogens is 266 g/mol. The van der Waals surface area contributed by atoms with Gasteiger partial charge in [-0.15, -0.1) is 0 Å². The van der Waals surface area contributed by atoms with Gasteiger partial charge in [-0.1, -0.05) is 25.5 Å². The molecule has 1 saturated carbocycles. The van der Waals surface area contributed by atoms with Crippen LogP contribution < -0.4 is 0 Å². The summed E-state index contributed by atoms with van der Waals surface area (Å²) < 4.78 is 0. The number of carbonyl (C=O) groups is 3. The van der Waals surface area contributed by atoms with Gasteiger partial charge in [0.15, 0.2) is 5.78 Å². The van der Waals surface area contributed by atoms with Gasteiger partial charge in [-0.3, -0.25) is 19.3 Å². The van der Waals surface area contributed by atoms with Crippen molar-refractivity contribution >= 4 is 17.6 Å². The summed E-state index contributed by atoms with van der Waals surface area (Å²) in [6.45, 7) is 2.12. The summed E-state index contributed by atoms with van der Waals surface area (Å²) in [5.41, 5.74) is 1.82. The smallest absolute Gasteiger partial charge is 0.260 e. The van der Waals surface area contributed by atoms with Gasteiger partial charge in [-0.25, -0.2) is 0 Å². The third-order valence-electron chi connectivity index (χ3n) is 4.84. The standard InChI is InChI=1S/C17H19NO3/c1-10-4-3-5-13(10)16(20)12-7-6-11-9-15(19)18(2)17(21)14(11)8-12/h6-8,10,13H,3-5,9H2,1-2H3. The lowest BCUT2D eigenvalue weighted by Crippen LogP contribution is -2.39. The molecule has 0 aromatic heterocycles. The summed E-state index contributed by atoms with van der Waals surface area (Å²) in [4.78, 5) is 37.6. The maximum Gasteiger partial charge on any atom is 0.260 e. The average Bonchev–Trinajstić information content (AvgIpc) is 2.90. The molecule has 1 heterocycles. The van der Waals surface area contributed by atoms with E-state index in [9.17, 15) is 14.4 Å². The molecule has 2 amide bonds. The summed E-state index contributed by atoms with van der Waals surface area (Å²) in [6.07, 6.45) is 3.35. The number of Topliss-reactive ketones (excluding diaryl/α,β-unsaturated/α-hetero) is 1. The van der Waals surface area contributed by atoms with Crippen LogP contribution in [0.2, 0.25) is 0 Å². The van der Waals surface area contributed by atoms with Crippen LogP contribution in [-0.4, -0.2) is 29.5 Å². The number of nitrogens with zero attached hydrogens (tertiary/aromatic N) is 1. The Bertz CT molecular complexity index is 635. The minimum Gasteiger partial charge on any atom is -0.294 e. The fourth-order valence-corrected chi connectivity index (χ4v) is 3.41. The predicted molar refractivity (Wildman–Crippen MR) is 78.1 cm³/mol. The number of amides is 2. The molecule has 2 aliphatic rings. The molecular formula is C17H19NO3. The van der Waals surface area contributed by atoms with Crippen molar-refractivity contribution in [3.8, 4) is 0 Å². The fraction of sp³-hybridized carbons (Fsp3) is 0.471. The van der Waals surface area contributed by atoms with E-state index in [1.54, 1.807) is 18.2 Å². The molecule has 1 aromatic rings. The van der Waals surface area contributed by atoms with Gasteiger partial charge in [-0.05, 0) is 30.4 Å². The zero-order chi connectivity index (χ0) is 15.1. The van der Waals surface area contributed by atoms with E-state index in [1.807, 2.05) is 0 Å². The minimum absolute atomic E-state index is 0.0705. The van der Waals surface area contributed by atoms with Crippen molar-refractivity contribution in [3.05, 3.63) is 34.9 Å². The van der Waals surface area contributed by atoms with Gasteiger partial charge >= 0.3 is 0 Å². The van der Waals surface area contributed by atoms with E-state index >= 15 is 0 Å². The molecule has 0 spiro atoms. The first kappa shape index (κ1) is 14.0. The lowest BCUT2D eigenvalue weighted by atomic mass is 9.87. The number of benzene rings is 1. The third kappa shape index (κ3) is 2.28. The number of ketones is 1. The maximum atomic E-state index is 12.6. The molecule has 0 saturated heterocycles. The van der Waals surface area contributed by atoms with Crippen molar-refractivity contribution in [2.45, 2.75) is 32.6 Å². The highest BCUT2D eigenvalue weighted by Gasteiger charge is 2.32. The Labute approximate surface area is 124 Å². The van der Waals surface area contributed by atoms with Crippen molar-refractivity contribution in [3.63, 3.8) is 0 Å². The van der Waals surface area contributed by atoms with Crippen LogP contribution in [0.1, 0.15) is 52.5 Å². The highest BCUT2D eigenvalue weighted by Crippen LogP contribution is 2.34. The number of hydrogen-bond acceptors (Lipinski definition) is 3. The molecule has 4 heteroatoms. The molecule has 2 atom stereocenters. The topological polar surface area (TPSA) is 54.5 Å². The van der Waals surface area contributed by atoms with Crippen LogP contribution in [0.25, 0.3) is 0 Å². The Morgan fingerprint density at radius 2 is 2.00 bits per heavy atom. The summed E-state index contributed by atoms with van der Waals surface area (Å²) in [7, 11) is 1.49. The number of carbonyl (C=O) groups excluding carboxylic acids is 3. The molecule has 21 heavy (non-hydrogen) atoms. The van der Waals surface area contributed by atoms with Gasteiger partial charge in [0.25, 0.3) is 5.91 Å². The predicted octanol–water partition coefficient (Wildman–Crippen LogP) is 2.46. The molecule has 1 aliphatic heterocycles. The highest BCUT2D eigenvalue weighted by atomic mass is 16.2. The summed E-state index contributed by atoms with van der Waals surface area (Å²) in [6, 6.07) is 5.19. The number of hydrogen-bond donors (Lipinski definition) is 0. The second kappa shape index (κ2) is 5.10. The average molecular weight is 285 g/mol. The van der Waals surface area contributed by atoms with E-state index in [4.69, 9.17) is 0 Å². The first-order valence-corrected chi connectivity index (χ1v) is 7.47. The molecule has 1 aliphatic carbocycles. The van der Waals surface area contributed by atoms with E-state index < -0.39 is 0 Å². The summed E-state index contributed by atoms with van der Waals surface area (Å²) in [5, 5.41) is 0. The molecule has 3 rings (SSSR count). The lowest BCUT2D eigenvalue weighted by molar-refractivity contribution is -0.127.